The molecule has 1 aliphatic rings. The van der Waals surface area contributed by atoms with Crippen molar-refractivity contribution in [3.05, 3.63) is 60.2 Å². The molecular weight excluding hydrogens is 359 g/mol. The van der Waals surface area contributed by atoms with E-state index < -0.39 is 0 Å². The van der Waals surface area contributed by atoms with Crippen LogP contribution in [0.25, 0.3) is 10.4 Å². The summed E-state index contributed by atoms with van der Waals surface area (Å²) in [5.41, 5.74) is 2.25. The third kappa shape index (κ3) is 4.70. The molecule has 4 nitrogen and oxygen atoms in total. The summed E-state index contributed by atoms with van der Waals surface area (Å²) in [4.78, 5) is 12.4. The first-order chi connectivity index (χ1) is 13.2. The molecule has 4 rings (SSSR count). The Morgan fingerprint density at radius 1 is 1.15 bits per heavy atom. The van der Waals surface area contributed by atoms with Gasteiger partial charge in [0.2, 0.25) is 0 Å². The summed E-state index contributed by atoms with van der Waals surface area (Å²) in [6, 6.07) is 10.6. The smallest absolute Gasteiger partial charge is 0.188 e. The Morgan fingerprint density at radius 3 is 2.74 bits per heavy atom. The third-order valence-corrected chi connectivity index (χ3v) is 5.90. The number of hydrogen-bond donors (Lipinski definition) is 1. The molecule has 0 spiro atoms. The van der Waals surface area contributed by atoms with Crippen molar-refractivity contribution in [2.75, 3.05) is 25.5 Å². The van der Waals surface area contributed by atoms with Crippen molar-refractivity contribution in [3.63, 3.8) is 0 Å². The molecule has 3 aromatic rings. The zero-order chi connectivity index (χ0) is 18.6. The number of pyridine rings is 1. The number of nitrogens with one attached hydrogen (secondary N) is 1. The maximum absolute atomic E-state index is 13.1. The lowest BCUT2D eigenvalue weighted by Crippen LogP contribution is -2.32. The highest BCUT2D eigenvalue weighted by molar-refractivity contribution is 7.18. The summed E-state index contributed by atoms with van der Waals surface area (Å²) in [5.74, 6) is 1.28. The van der Waals surface area contributed by atoms with E-state index in [0.29, 0.717) is 0 Å². The Kier molecular flexibility index (Phi) is 5.45. The van der Waals surface area contributed by atoms with Crippen LogP contribution in [-0.4, -0.2) is 35.0 Å². The number of anilines is 2. The van der Waals surface area contributed by atoms with E-state index in [2.05, 4.69) is 33.3 Å². The number of nitrogens with zero attached hydrogens (tertiary/aromatic N) is 3. The molecule has 140 valence electrons. The van der Waals surface area contributed by atoms with Gasteiger partial charge in [0.15, 0.2) is 5.13 Å². The number of thiazole rings is 1. The first-order valence-corrected chi connectivity index (χ1v) is 10.1. The van der Waals surface area contributed by atoms with Gasteiger partial charge in [-0.25, -0.2) is 14.4 Å². The van der Waals surface area contributed by atoms with Gasteiger partial charge in [-0.05, 0) is 68.1 Å². The predicted octanol–water partition coefficient (Wildman–Crippen LogP) is 4.97. The number of benzene rings is 1. The fraction of sp³-hybridized carbons (Fsp3) is 0.333. The molecule has 0 amide bonds. The van der Waals surface area contributed by atoms with Crippen LogP contribution in [0.2, 0.25) is 0 Å². The molecule has 1 atom stereocenters. The zero-order valence-corrected chi connectivity index (χ0v) is 16.2. The van der Waals surface area contributed by atoms with Gasteiger partial charge in [0, 0.05) is 18.9 Å². The van der Waals surface area contributed by atoms with Crippen molar-refractivity contribution in [2.24, 2.45) is 5.92 Å². The summed E-state index contributed by atoms with van der Waals surface area (Å²) < 4.78 is 13.1. The molecular formula is C21H23FN4S. The van der Waals surface area contributed by atoms with Crippen molar-refractivity contribution in [3.8, 4) is 10.4 Å². The fourth-order valence-electron chi connectivity index (χ4n) is 3.58. The topological polar surface area (TPSA) is 41.0 Å². The number of likely N-dealkylation sites (tertiary alicyclic amines) is 1. The molecule has 0 bridgehead atoms. The standard InChI is InChI=1S/C21H23FN4S/c1-26-10-2-3-16(14-26)11-15-4-9-20(23-12-15)25-21-24-13-19(27-21)17-5-7-18(22)8-6-17/h4-9,12-13,16H,2-3,10-11,14H2,1H3,(H,23,24,25). The summed E-state index contributed by atoms with van der Waals surface area (Å²) in [5, 5.41) is 4.04. The highest BCUT2D eigenvalue weighted by Crippen LogP contribution is 2.30. The Morgan fingerprint density at radius 2 is 2.00 bits per heavy atom. The predicted molar refractivity (Wildman–Crippen MR) is 109 cm³/mol. The first kappa shape index (κ1) is 18.1. The molecule has 1 aliphatic heterocycles. The van der Waals surface area contributed by atoms with Gasteiger partial charge in [0.25, 0.3) is 0 Å². The van der Waals surface area contributed by atoms with Gasteiger partial charge in [-0.15, -0.1) is 0 Å². The maximum atomic E-state index is 13.1. The maximum Gasteiger partial charge on any atom is 0.188 e. The van der Waals surface area contributed by atoms with Crippen LogP contribution in [0.5, 0.6) is 0 Å². The summed E-state index contributed by atoms with van der Waals surface area (Å²) in [7, 11) is 2.20. The second-order valence-corrected chi connectivity index (χ2v) is 8.22. The van der Waals surface area contributed by atoms with Crippen LogP contribution < -0.4 is 5.32 Å². The molecule has 0 aliphatic carbocycles. The van der Waals surface area contributed by atoms with E-state index in [1.807, 2.05) is 12.3 Å². The van der Waals surface area contributed by atoms with Gasteiger partial charge in [-0.1, -0.05) is 29.5 Å². The fourth-order valence-corrected chi connectivity index (χ4v) is 4.41. The molecule has 1 saturated heterocycles. The highest BCUT2D eigenvalue weighted by atomic mass is 32.1. The monoisotopic (exact) mass is 382 g/mol. The van der Waals surface area contributed by atoms with Crippen molar-refractivity contribution < 1.29 is 4.39 Å². The molecule has 0 saturated carbocycles. The Labute approximate surface area is 163 Å². The molecule has 1 aromatic carbocycles. The number of piperidine rings is 1. The van der Waals surface area contributed by atoms with Crippen molar-refractivity contribution >= 4 is 22.3 Å². The lowest BCUT2D eigenvalue weighted by Gasteiger charge is -2.29. The minimum Gasteiger partial charge on any atom is -0.316 e. The largest absolute Gasteiger partial charge is 0.316 e. The molecule has 1 fully saturated rings. The molecule has 3 heterocycles. The third-order valence-electron chi connectivity index (χ3n) is 4.94. The van der Waals surface area contributed by atoms with E-state index in [-0.39, 0.29) is 5.82 Å². The van der Waals surface area contributed by atoms with E-state index in [4.69, 9.17) is 0 Å². The second kappa shape index (κ2) is 8.15. The molecule has 0 radical (unpaired) electrons. The second-order valence-electron chi connectivity index (χ2n) is 7.19. The average molecular weight is 383 g/mol. The van der Waals surface area contributed by atoms with Crippen LogP contribution in [0, 0.1) is 11.7 Å². The normalized spacial score (nSPS) is 17.8. The van der Waals surface area contributed by atoms with E-state index in [9.17, 15) is 4.39 Å². The SMILES string of the molecule is CN1CCCC(Cc2ccc(Nc3ncc(-c4ccc(F)cc4)s3)nc2)C1. The Bertz CT molecular complexity index is 876. The van der Waals surface area contributed by atoms with Gasteiger partial charge in [-0.3, -0.25) is 0 Å². The van der Waals surface area contributed by atoms with E-state index >= 15 is 0 Å². The molecule has 2 aromatic heterocycles. The van der Waals surface area contributed by atoms with Crippen LogP contribution in [0.1, 0.15) is 18.4 Å². The van der Waals surface area contributed by atoms with Crippen molar-refractivity contribution in [1.29, 1.82) is 0 Å². The van der Waals surface area contributed by atoms with Crippen LogP contribution in [0.4, 0.5) is 15.3 Å². The van der Waals surface area contributed by atoms with E-state index in [1.54, 1.807) is 18.3 Å². The van der Waals surface area contributed by atoms with Crippen molar-refractivity contribution in [2.45, 2.75) is 19.3 Å². The van der Waals surface area contributed by atoms with Crippen LogP contribution in [0.3, 0.4) is 0 Å². The summed E-state index contributed by atoms with van der Waals surface area (Å²) in [6.07, 6.45) is 7.44. The van der Waals surface area contributed by atoms with Crippen LogP contribution in [-0.2, 0) is 6.42 Å². The Hall–Kier alpha value is -2.31. The van der Waals surface area contributed by atoms with Gasteiger partial charge in [0.05, 0.1) is 4.88 Å². The average Bonchev–Trinajstić information content (AvgIpc) is 3.12. The van der Waals surface area contributed by atoms with Gasteiger partial charge >= 0.3 is 0 Å². The quantitative estimate of drug-likeness (QED) is 0.676. The zero-order valence-electron chi connectivity index (χ0n) is 15.4. The molecule has 6 heteroatoms. The number of rotatable bonds is 5. The van der Waals surface area contributed by atoms with Crippen molar-refractivity contribution in [1.82, 2.24) is 14.9 Å². The van der Waals surface area contributed by atoms with Crippen LogP contribution in [0.15, 0.2) is 48.8 Å². The minimum atomic E-state index is -0.231. The summed E-state index contributed by atoms with van der Waals surface area (Å²) in [6.45, 7) is 2.39. The summed E-state index contributed by atoms with van der Waals surface area (Å²) >= 11 is 1.53. The number of hydrogen-bond acceptors (Lipinski definition) is 5. The van der Waals surface area contributed by atoms with E-state index in [0.717, 1.165) is 33.7 Å². The molecule has 1 N–H and O–H groups in total. The van der Waals surface area contributed by atoms with E-state index in [1.165, 1.54) is 55.0 Å². The van der Waals surface area contributed by atoms with Gasteiger partial charge in [-0.2, -0.15) is 0 Å². The van der Waals surface area contributed by atoms with Gasteiger partial charge in [0.1, 0.15) is 11.6 Å². The lowest BCUT2D eigenvalue weighted by atomic mass is 9.92. The Balaban J connectivity index is 1.38. The lowest BCUT2D eigenvalue weighted by molar-refractivity contribution is 0.209. The first-order valence-electron chi connectivity index (χ1n) is 9.28. The van der Waals surface area contributed by atoms with Gasteiger partial charge < -0.3 is 10.2 Å². The molecule has 1 unspecified atom stereocenters. The highest BCUT2D eigenvalue weighted by Gasteiger charge is 2.17. The minimum absolute atomic E-state index is 0.231. The van der Waals surface area contributed by atoms with Crippen LogP contribution >= 0.6 is 11.3 Å². The number of halogens is 1. The number of aromatic nitrogens is 2. The molecule has 27 heavy (non-hydrogen) atoms.